The van der Waals surface area contributed by atoms with Crippen molar-refractivity contribution >= 4 is 24.2 Å². The van der Waals surface area contributed by atoms with Crippen molar-refractivity contribution in [3.05, 3.63) is 72.6 Å². The Kier molecular flexibility index (Phi) is 8.26. The number of benzene rings is 1. The fourth-order valence-electron chi connectivity index (χ4n) is 2.79. The second-order valence-electron chi connectivity index (χ2n) is 7.04. The molecule has 3 rings (SSSR count). The summed E-state index contributed by atoms with van der Waals surface area (Å²) in [5.74, 6) is 0.634. The second kappa shape index (κ2) is 11.3. The number of thiol groups is 1. The van der Waals surface area contributed by atoms with Crippen molar-refractivity contribution in [1.82, 2.24) is 15.3 Å². The number of rotatable bonds is 10. The molecule has 2 aromatic heterocycles. The van der Waals surface area contributed by atoms with Crippen molar-refractivity contribution in [2.75, 3.05) is 17.6 Å². The summed E-state index contributed by atoms with van der Waals surface area (Å²) < 4.78 is 5.96. The monoisotopic (exact) mass is 437 g/mol. The van der Waals surface area contributed by atoms with Crippen LogP contribution in [0.1, 0.15) is 12.6 Å². The lowest BCUT2D eigenvalue weighted by molar-refractivity contribution is -0.127. The maximum atomic E-state index is 12.6. The van der Waals surface area contributed by atoms with Gasteiger partial charge in [0.15, 0.2) is 6.10 Å². The number of nitrogens with two attached hydrogens (primary N) is 1. The average Bonchev–Trinajstić information content (AvgIpc) is 2.82. The van der Waals surface area contributed by atoms with Gasteiger partial charge in [-0.05, 0) is 31.2 Å². The van der Waals surface area contributed by atoms with E-state index in [-0.39, 0.29) is 11.9 Å². The van der Waals surface area contributed by atoms with Crippen molar-refractivity contribution in [2.24, 2.45) is 5.73 Å². The molecule has 2 heterocycles. The maximum Gasteiger partial charge on any atom is 0.261 e. The van der Waals surface area contributed by atoms with E-state index in [9.17, 15) is 4.79 Å². The first-order chi connectivity index (χ1) is 15.1. The van der Waals surface area contributed by atoms with Gasteiger partial charge in [-0.1, -0.05) is 36.4 Å². The fraction of sp³-hybridized carbons (Fsp3) is 0.261. The Morgan fingerprint density at radius 3 is 2.61 bits per heavy atom. The third-order valence-electron chi connectivity index (χ3n) is 4.55. The van der Waals surface area contributed by atoms with Crippen LogP contribution in [0.4, 0.5) is 5.69 Å². The summed E-state index contributed by atoms with van der Waals surface area (Å²) >= 11 is 4.22. The molecule has 0 radical (unpaired) electrons. The third-order valence-corrected chi connectivity index (χ3v) is 5.02. The van der Waals surface area contributed by atoms with Gasteiger partial charge in [-0.15, -0.1) is 0 Å². The van der Waals surface area contributed by atoms with Crippen LogP contribution in [0.15, 0.2) is 66.9 Å². The Bertz CT molecular complexity index is 972. The molecule has 4 N–H and O–H groups in total. The molecule has 0 fully saturated rings. The Balaban J connectivity index is 1.74. The molecule has 0 aliphatic heterocycles. The van der Waals surface area contributed by atoms with E-state index in [4.69, 9.17) is 10.5 Å². The van der Waals surface area contributed by atoms with E-state index >= 15 is 0 Å². The van der Waals surface area contributed by atoms with Crippen LogP contribution in [0.5, 0.6) is 5.88 Å². The van der Waals surface area contributed by atoms with Gasteiger partial charge in [0, 0.05) is 30.1 Å². The summed E-state index contributed by atoms with van der Waals surface area (Å²) in [5.41, 5.74) is 9.11. The highest BCUT2D eigenvalue weighted by molar-refractivity contribution is 7.80. The molecule has 8 heteroatoms. The van der Waals surface area contributed by atoms with Crippen LogP contribution in [0.3, 0.4) is 0 Å². The molecule has 0 saturated heterocycles. The smallest absolute Gasteiger partial charge is 0.261 e. The number of nitrogens with one attached hydrogen (secondary N) is 2. The van der Waals surface area contributed by atoms with Crippen LogP contribution in [0.25, 0.3) is 11.3 Å². The van der Waals surface area contributed by atoms with E-state index in [0.29, 0.717) is 30.4 Å². The minimum Gasteiger partial charge on any atom is -0.463 e. The third kappa shape index (κ3) is 6.70. The number of aromatic nitrogens is 2. The molecule has 0 aliphatic carbocycles. The van der Waals surface area contributed by atoms with Gasteiger partial charge >= 0.3 is 0 Å². The summed E-state index contributed by atoms with van der Waals surface area (Å²) in [4.78, 5) is 21.4. The van der Waals surface area contributed by atoms with Gasteiger partial charge in [-0.25, -0.2) is 4.98 Å². The molecule has 2 atom stereocenters. The van der Waals surface area contributed by atoms with Gasteiger partial charge in [-0.3, -0.25) is 9.78 Å². The Hall–Kier alpha value is -3.10. The van der Waals surface area contributed by atoms with E-state index in [1.54, 1.807) is 13.1 Å². The quantitative estimate of drug-likeness (QED) is 0.364. The molecule has 1 aromatic carbocycles. The number of nitrogens with zero attached hydrogens (tertiary/aromatic N) is 2. The first-order valence-electron chi connectivity index (χ1n) is 10.1. The molecule has 0 aliphatic rings. The Morgan fingerprint density at radius 1 is 1.13 bits per heavy atom. The molecule has 1 amide bonds. The average molecular weight is 438 g/mol. The second-order valence-corrected chi connectivity index (χ2v) is 7.40. The van der Waals surface area contributed by atoms with Gasteiger partial charge < -0.3 is 21.1 Å². The zero-order chi connectivity index (χ0) is 22.1. The number of anilines is 1. The fourth-order valence-corrected chi connectivity index (χ4v) is 2.91. The predicted octanol–water partition coefficient (Wildman–Crippen LogP) is 2.90. The van der Waals surface area contributed by atoms with Crippen LogP contribution in [0.2, 0.25) is 0 Å². The van der Waals surface area contributed by atoms with Crippen LogP contribution in [-0.2, 0) is 11.3 Å². The van der Waals surface area contributed by atoms with E-state index in [1.165, 1.54) is 0 Å². The number of amides is 1. The van der Waals surface area contributed by atoms with Crippen LogP contribution < -0.4 is 21.1 Å². The van der Waals surface area contributed by atoms with Crippen LogP contribution in [0, 0.1) is 0 Å². The maximum absolute atomic E-state index is 12.6. The topological polar surface area (TPSA) is 102 Å². The minimum atomic E-state index is -0.749. The zero-order valence-electron chi connectivity index (χ0n) is 17.4. The summed E-state index contributed by atoms with van der Waals surface area (Å²) in [6.45, 7) is 2.52. The summed E-state index contributed by atoms with van der Waals surface area (Å²) in [5, 5.41) is 6.08. The first-order valence-corrected chi connectivity index (χ1v) is 10.7. The van der Waals surface area contributed by atoms with Gasteiger partial charge in [0.05, 0.1) is 23.6 Å². The Morgan fingerprint density at radius 2 is 1.90 bits per heavy atom. The summed E-state index contributed by atoms with van der Waals surface area (Å²) in [6, 6.07) is 19.0. The lowest BCUT2D eigenvalue weighted by Crippen LogP contribution is -2.36. The number of carbonyl (C=O) groups is 1. The molecule has 0 saturated carbocycles. The van der Waals surface area contributed by atoms with E-state index < -0.39 is 6.10 Å². The largest absolute Gasteiger partial charge is 0.463 e. The lowest BCUT2D eigenvalue weighted by Gasteiger charge is -2.19. The van der Waals surface area contributed by atoms with Crippen molar-refractivity contribution in [1.29, 1.82) is 0 Å². The number of hydrogen-bond acceptors (Lipinski definition) is 7. The molecule has 3 aromatic rings. The molecule has 31 heavy (non-hydrogen) atoms. The normalized spacial score (nSPS) is 12.6. The van der Waals surface area contributed by atoms with Crippen LogP contribution >= 0.6 is 12.6 Å². The summed E-state index contributed by atoms with van der Waals surface area (Å²) in [6.07, 6.45) is 0.940. The van der Waals surface area contributed by atoms with Gasteiger partial charge in [0.25, 0.3) is 5.91 Å². The molecular formula is C23H27N5O2S. The molecule has 2 unspecified atom stereocenters. The van der Waals surface area contributed by atoms with Gasteiger partial charge in [-0.2, -0.15) is 12.6 Å². The highest BCUT2D eigenvalue weighted by Crippen LogP contribution is 2.28. The molecular weight excluding hydrogens is 410 g/mol. The number of carbonyl (C=O) groups excluding carboxylic acids is 1. The summed E-state index contributed by atoms with van der Waals surface area (Å²) in [7, 11) is 0. The lowest BCUT2D eigenvalue weighted by atomic mass is 10.1. The van der Waals surface area contributed by atoms with Crippen LogP contribution in [-0.4, -0.2) is 40.3 Å². The standard InChI is InChI=1S/C23H27N5O2S/c1-16(22(29)27-14-19-9-5-6-12-25-19)30-23-21(26-13-18(24)15-31)11-10-20(28-23)17-7-3-2-4-8-17/h2-12,16,18,26,31H,13-15,24H2,1H3,(H,27,29). The van der Waals surface area contributed by atoms with Crippen molar-refractivity contribution in [2.45, 2.75) is 25.6 Å². The number of hydrogen-bond donors (Lipinski definition) is 4. The van der Waals surface area contributed by atoms with E-state index in [2.05, 4.69) is 33.2 Å². The first kappa shape index (κ1) is 22.6. The highest BCUT2D eigenvalue weighted by atomic mass is 32.1. The van der Waals surface area contributed by atoms with Crippen molar-refractivity contribution in [3.63, 3.8) is 0 Å². The Labute approximate surface area is 187 Å². The zero-order valence-corrected chi connectivity index (χ0v) is 18.3. The van der Waals surface area contributed by atoms with Crippen molar-refractivity contribution in [3.8, 4) is 17.1 Å². The van der Waals surface area contributed by atoms with E-state index in [1.807, 2.05) is 60.7 Å². The number of pyridine rings is 2. The van der Waals surface area contributed by atoms with Gasteiger partial charge in [0.1, 0.15) is 0 Å². The number of ether oxygens (including phenoxy) is 1. The molecule has 162 valence electrons. The molecule has 7 nitrogen and oxygen atoms in total. The van der Waals surface area contributed by atoms with Crippen molar-refractivity contribution < 1.29 is 9.53 Å². The SMILES string of the molecule is CC(Oc1nc(-c2ccccc2)ccc1NCC(N)CS)C(=O)NCc1ccccn1. The minimum absolute atomic E-state index is 0.121. The predicted molar refractivity (Wildman–Crippen MR) is 126 cm³/mol. The molecule has 0 bridgehead atoms. The van der Waals surface area contributed by atoms with E-state index in [0.717, 1.165) is 17.0 Å². The molecule has 0 spiro atoms. The highest BCUT2D eigenvalue weighted by Gasteiger charge is 2.18. The van der Waals surface area contributed by atoms with Gasteiger partial charge in [0.2, 0.25) is 5.88 Å².